The standard InChI is InChI=1S/C42H45ClFN9O6/c43-33-19-30(4-1-26(33)22-45)59-29-5-2-28(3-6-29)48-38(55)27-23-46-42(47-24-27)52-13-10-25(11-14-52)9-12-50-15-17-51(18-16-50)36-21-32-31(20-34(36)44)40(57)53(41(32)58)35-7-8-37(54)49-39(35)56/h1,4,19-21,23-25,28-29,35H,2-3,5-18H2,(H,48,55)(H,49,54,56). The summed E-state index contributed by atoms with van der Waals surface area (Å²) < 4.78 is 21.5. The van der Waals surface area contributed by atoms with Gasteiger partial charge in [0.2, 0.25) is 17.8 Å². The van der Waals surface area contributed by atoms with Crippen molar-refractivity contribution in [3.05, 3.63) is 75.8 Å². The summed E-state index contributed by atoms with van der Waals surface area (Å²) in [5, 5.41) is 14.7. The maximum Gasteiger partial charge on any atom is 0.262 e. The molecule has 8 rings (SSSR count). The van der Waals surface area contributed by atoms with Crippen molar-refractivity contribution in [2.24, 2.45) is 5.92 Å². The molecule has 3 aromatic rings. The van der Waals surface area contributed by atoms with E-state index in [-0.39, 0.29) is 47.7 Å². The zero-order valence-corrected chi connectivity index (χ0v) is 33.3. The first-order valence-electron chi connectivity index (χ1n) is 20.3. The highest BCUT2D eigenvalue weighted by atomic mass is 35.5. The number of piperazine rings is 1. The van der Waals surface area contributed by atoms with Gasteiger partial charge in [0.25, 0.3) is 17.7 Å². The minimum absolute atomic E-state index is 0.0131. The lowest BCUT2D eigenvalue weighted by molar-refractivity contribution is -0.136. The first-order valence-corrected chi connectivity index (χ1v) is 20.7. The summed E-state index contributed by atoms with van der Waals surface area (Å²) in [6.45, 7) is 5.14. The summed E-state index contributed by atoms with van der Waals surface area (Å²) in [7, 11) is 0. The SMILES string of the molecule is N#Cc1ccc(OC2CCC(NC(=O)c3cnc(N4CCC(CCN5CCN(c6cc7c(cc6F)C(=O)N(C6CCC(=O)NC6=O)C7=O)CC5)CC4)nc3)CC2)cc1Cl. The molecule has 59 heavy (non-hydrogen) atoms. The van der Waals surface area contributed by atoms with Crippen molar-refractivity contribution in [1.29, 1.82) is 5.26 Å². The van der Waals surface area contributed by atoms with Crippen molar-refractivity contribution < 1.29 is 33.1 Å². The summed E-state index contributed by atoms with van der Waals surface area (Å²) in [5.74, 6) is -1.52. The minimum atomic E-state index is -1.10. The summed E-state index contributed by atoms with van der Waals surface area (Å²) in [5.41, 5.74) is 1.10. The van der Waals surface area contributed by atoms with E-state index in [9.17, 15) is 24.0 Å². The third kappa shape index (κ3) is 8.72. The zero-order valence-electron chi connectivity index (χ0n) is 32.5. The van der Waals surface area contributed by atoms with Crippen molar-refractivity contribution in [3.8, 4) is 11.8 Å². The number of nitrogens with zero attached hydrogens (tertiary/aromatic N) is 7. The summed E-state index contributed by atoms with van der Waals surface area (Å²) in [6.07, 6.45) is 9.42. The number of halogens is 2. The van der Waals surface area contributed by atoms with E-state index in [0.717, 1.165) is 88.6 Å². The number of aromatic nitrogens is 2. The number of fused-ring (bicyclic) bond motifs is 1. The van der Waals surface area contributed by atoms with Gasteiger partial charge in [0.1, 0.15) is 23.7 Å². The van der Waals surface area contributed by atoms with Gasteiger partial charge in [0.15, 0.2) is 0 Å². The molecule has 1 aromatic heterocycles. The van der Waals surface area contributed by atoms with Gasteiger partial charge in [0, 0.05) is 70.2 Å². The fourth-order valence-electron chi connectivity index (χ4n) is 8.77. The zero-order chi connectivity index (χ0) is 41.2. The Labute approximate surface area is 345 Å². The van der Waals surface area contributed by atoms with Crippen LogP contribution in [0.2, 0.25) is 5.02 Å². The van der Waals surface area contributed by atoms with E-state index < -0.39 is 35.5 Å². The minimum Gasteiger partial charge on any atom is -0.490 e. The van der Waals surface area contributed by atoms with Gasteiger partial charge in [-0.25, -0.2) is 14.4 Å². The van der Waals surface area contributed by atoms with Crippen molar-refractivity contribution >= 4 is 52.8 Å². The van der Waals surface area contributed by atoms with Crippen LogP contribution in [0, 0.1) is 23.1 Å². The number of nitriles is 1. The highest BCUT2D eigenvalue weighted by Crippen LogP contribution is 2.34. The van der Waals surface area contributed by atoms with Crippen molar-refractivity contribution in [3.63, 3.8) is 0 Å². The quantitative estimate of drug-likeness (QED) is 0.280. The third-order valence-electron chi connectivity index (χ3n) is 12.2. The number of anilines is 2. The molecule has 1 aliphatic carbocycles. The Bertz CT molecular complexity index is 2180. The molecule has 5 aliphatic rings. The lowest BCUT2D eigenvalue weighted by atomic mass is 9.92. The Morgan fingerprint density at radius 1 is 0.898 bits per heavy atom. The Morgan fingerprint density at radius 2 is 1.59 bits per heavy atom. The molecule has 0 spiro atoms. The number of carbonyl (C=O) groups excluding carboxylic acids is 5. The smallest absolute Gasteiger partial charge is 0.262 e. The number of carbonyl (C=O) groups is 5. The maximum atomic E-state index is 15.4. The Morgan fingerprint density at radius 3 is 2.25 bits per heavy atom. The Hall–Kier alpha value is -5.66. The molecule has 2 N–H and O–H groups in total. The van der Waals surface area contributed by atoms with Crippen molar-refractivity contribution in [2.75, 3.05) is 55.6 Å². The van der Waals surface area contributed by atoms with E-state index in [1.165, 1.54) is 6.07 Å². The molecule has 15 nitrogen and oxygen atoms in total. The first kappa shape index (κ1) is 40.1. The molecular formula is C42H45ClFN9O6. The average molecular weight is 826 g/mol. The topological polar surface area (TPSA) is 181 Å². The number of rotatable bonds is 10. The summed E-state index contributed by atoms with van der Waals surface area (Å²) >= 11 is 6.14. The number of amides is 5. The number of benzene rings is 2. The van der Waals surface area contributed by atoms with Crippen LogP contribution in [0.15, 0.2) is 42.7 Å². The molecule has 1 unspecified atom stereocenters. The molecule has 1 atom stereocenters. The summed E-state index contributed by atoms with van der Waals surface area (Å²) in [6, 6.07) is 8.56. The number of piperidine rings is 2. The molecule has 4 fully saturated rings. The van der Waals surface area contributed by atoms with E-state index in [1.54, 1.807) is 30.6 Å². The van der Waals surface area contributed by atoms with E-state index in [1.807, 2.05) is 11.0 Å². The third-order valence-corrected chi connectivity index (χ3v) is 12.6. The molecule has 2 aromatic carbocycles. The second-order valence-electron chi connectivity index (χ2n) is 15.9. The van der Waals surface area contributed by atoms with Crippen LogP contribution in [-0.4, -0.2) is 113 Å². The highest BCUT2D eigenvalue weighted by molar-refractivity contribution is 6.31. The fourth-order valence-corrected chi connectivity index (χ4v) is 8.98. The van der Waals surface area contributed by atoms with Gasteiger partial charge in [0.05, 0.1) is 39.1 Å². The molecule has 0 radical (unpaired) electrons. The van der Waals surface area contributed by atoms with Gasteiger partial charge < -0.3 is 19.9 Å². The monoisotopic (exact) mass is 825 g/mol. The van der Waals surface area contributed by atoms with Crippen LogP contribution in [0.4, 0.5) is 16.0 Å². The molecule has 1 saturated carbocycles. The second-order valence-corrected chi connectivity index (χ2v) is 16.3. The first-order chi connectivity index (χ1) is 28.5. The van der Waals surface area contributed by atoms with Crippen LogP contribution < -0.4 is 25.2 Å². The molecule has 5 heterocycles. The normalized spacial score (nSPS) is 22.9. The maximum absolute atomic E-state index is 15.4. The van der Waals surface area contributed by atoms with Gasteiger partial charge in [-0.05, 0) is 88.1 Å². The second kappa shape index (κ2) is 17.3. The van der Waals surface area contributed by atoms with E-state index in [0.29, 0.717) is 46.9 Å². The van der Waals surface area contributed by atoms with E-state index >= 15 is 4.39 Å². The van der Waals surface area contributed by atoms with Crippen LogP contribution in [0.3, 0.4) is 0 Å². The molecule has 308 valence electrons. The van der Waals surface area contributed by atoms with Gasteiger partial charge in [-0.15, -0.1) is 0 Å². The number of ether oxygens (including phenoxy) is 1. The largest absolute Gasteiger partial charge is 0.490 e. The highest BCUT2D eigenvalue weighted by Gasteiger charge is 2.45. The van der Waals surface area contributed by atoms with Crippen LogP contribution >= 0.6 is 11.6 Å². The van der Waals surface area contributed by atoms with Gasteiger partial charge in [-0.3, -0.25) is 39.1 Å². The van der Waals surface area contributed by atoms with E-state index in [2.05, 4.69) is 30.4 Å². The summed E-state index contributed by atoms with van der Waals surface area (Å²) in [4.78, 5) is 79.7. The fraction of sp³-hybridized carbons (Fsp3) is 0.476. The number of nitrogens with one attached hydrogen (secondary N) is 2. The molecule has 5 amide bonds. The molecular weight excluding hydrogens is 781 g/mol. The van der Waals surface area contributed by atoms with Crippen LogP contribution in [0.5, 0.6) is 5.75 Å². The number of hydrogen-bond acceptors (Lipinski definition) is 12. The molecule has 4 aliphatic heterocycles. The van der Waals surface area contributed by atoms with Gasteiger partial charge >= 0.3 is 0 Å². The average Bonchev–Trinajstić information content (AvgIpc) is 3.48. The number of hydrogen-bond donors (Lipinski definition) is 2. The van der Waals surface area contributed by atoms with Crippen LogP contribution in [0.25, 0.3) is 0 Å². The van der Waals surface area contributed by atoms with Crippen molar-refractivity contribution in [1.82, 2.24) is 30.4 Å². The predicted octanol–water partition coefficient (Wildman–Crippen LogP) is 4.09. The predicted molar refractivity (Wildman–Crippen MR) is 214 cm³/mol. The molecule has 3 saturated heterocycles. The Kier molecular flexibility index (Phi) is 11.8. The van der Waals surface area contributed by atoms with E-state index in [4.69, 9.17) is 21.6 Å². The Balaban J connectivity index is 0.745. The van der Waals surface area contributed by atoms with Gasteiger partial charge in [-0.2, -0.15) is 5.26 Å². The van der Waals surface area contributed by atoms with Crippen molar-refractivity contribution in [2.45, 2.75) is 76.0 Å². The lowest BCUT2D eigenvalue weighted by Gasteiger charge is -2.38. The van der Waals surface area contributed by atoms with Crippen LogP contribution in [-0.2, 0) is 9.59 Å². The molecule has 17 heteroatoms. The molecule has 0 bridgehead atoms. The number of imide groups is 2. The van der Waals surface area contributed by atoms with Crippen LogP contribution in [0.1, 0.15) is 94.4 Å². The lowest BCUT2D eigenvalue weighted by Crippen LogP contribution is -2.54. The van der Waals surface area contributed by atoms with Gasteiger partial charge in [-0.1, -0.05) is 11.6 Å².